The highest BCUT2D eigenvalue weighted by Crippen LogP contribution is 2.28. The molecule has 1 N–H and O–H groups in total. The summed E-state index contributed by atoms with van der Waals surface area (Å²) < 4.78 is 19.3. The first-order chi connectivity index (χ1) is 8.78. The second kappa shape index (κ2) is 4.10. The molecule has 0 radical (unpaired) electrons. The Morgan fingerprint density at radius 1 is 1.28 bits per heavy atom. The summed E-state index contributed by atoms with van der Waals surface area (Å²) in [5.41, 5.74) is 0.863. The Labute approximate surface area is 102 Å². The van der Waals surface area contributed by atoms with Gasteiger partial charge in [-0.2, -0.15) is 0 Å². The molecular formula is C13H10FN3O. The highest BCUT2D eigenvalue weighted by Gasteiger charge is 2.13. The van der Waals surface area contributed by atoms with Gasteiger partial charge < -0.3 is 9.73 Å². The zero-order valence-electron chi connectivity index (χ0n) is 9.64. The molecule has 3 rings (SSSR count). The monoisotopic (exact) mass is 243 g/mol. The van der Waals surface area contributed by atoms with E-state index in [4.69, 9.17) is 4.42 Å². The van der Waals surface area contributed by atoms with Gasteiger partial charge in [0.05, 0.1) is 6.20 Å². The maximum Gasteiger partial charge on any atom is 0.223 e. The lowest BCUT2D eigenvalue weighted by Gasteiger charge is -2.01. The quantitative estimate of drug-likeness (QED) is 0.751. The van der Waals surface area contributed by atoms with E-state index in [2.05, 4.69) is 15.3 Å². The van der Waals surface area contributed by atoms with Crippen molar-refractivity contribution in [3.05, 3.63) is 42.3 Å². The first kappa shape index (κ1) is 10.7. The molecule has 0 aliphatic heterocycles. The van der Waals surface area contributed by atoms with Crippen LogP contribution in [0.3, 0.4) is 0 Å². The standard InChI is InChI=1S/C13H10FN3O/c1-15-13-16-7-9(14)12(17-13)11-6-8-4-2-3-5-10(8)18-11/h2-7H,1H3,(H,15,16,17). The van der Waals surface area contributed by atoms with Crippen LogP contribution in [0, 0.1) is 5.82 Å². The number of aromatic nitrogens is 2. The van der Waals surface area contributed by atoms with Crippen molar-refractivity contribution in [2.75, 3.05) is 12.4 Å². The molecule has 0 saturated carbocycles. The van der Waals surface area contributed by atoms with Crippen molar-refractivity contribution in [2.24, 2.45) is 0 Å². The van der Waals surface area contributed by atoms with Crippen molar-refractivity contribution in [3.63, 3.8) is 0 Å². The fourth-order valence-corrected chi connectivity index (χ4v) is 1.76. The van der Waals surface area contributed by atoms with Gasteiger partial charge in [0, 0.05) is 12.4 Å². The Morgan fingerprint density at radius 3 is 2.89 bits per heavy atom. The third-order valence-electron chi connectivity index (χ3n) is 2.63. The molecule has 0 saturated heterocycles. The van der Waals surface area contributed by atoms with E-state index in [1.165, 1.54) is 0 Å². The van der Waals surface area contributed by atoms with Gasteiger partial charge in [0.1, 0.15) is 11.3 Å². The van der Waals surface area contributed by atoms with Gasteiger partial charge in [-0.1, -0.05) is 18.2 Å². The molecular weight excluding hydrogens is 233 g/mol. The van der Waals surface area contributed by atoms with Gasteiger partial charge in [-0.15, -0.1) is 0 Å². The summed E-state index contributed by atoms with van der Waals surface area (Å²) in [5.74, 6) is 0.243. The van der Waals surface area contributed by atoms with Crippen molar-refractivity contribution in [1.82, 2.24) is 9.97 Å². The van der Waals surface area contributed by atoms with Crippen molar-refractivity contribution in [1.29, 1.82) is 0 Å². The van der Waals surface area contributed by atoms with E-state index in [0.717, 1.165) is 11.6 Å². The zero-order chi connectivity index (χ0) is 12.5. The largest absolute Gasteiger partial charge is 0.454 e. The van der Waals surface area contributed by atoms with Crippen LogP contribution in [0.25, 0.3) is 22.4 Å². The topological polar surface area (TPSA) is 51.0 Å². The van der Waals surface area contributed by atoms with E-state index in [9.17, 15) is 4.39 Å². The lowest BCUT2D eigenvalue weighted by atomic mass is 10.2. The Morgan fingerprint density at radius 2 is 2.11 bits per heavy atom. The first-order valence-electron chi connectivity index (χ1n) is 5.47. The Balaban J connectivity index is 2.19. The van der Waals surface area contributed by atoms with E-state index >= 15 is 0 Å². The summed E-state index contributed by atoms with van der Waals surface area (Å²) >= 11 is 0. The summed E-state index contributed by atoms with van der Waals surface area (Å²) in [6.07, 6.45) is 1.13. The molecule has 18 heavy (non-hydrogen) atoms. The number of fused-ring (bicyclic) bond motifs is 1. The van der Waals surface area contributed by atoms with Gasteiger partial charge in [0.25, 0.3) is 0 Å². The van der Waals surface area contributed by atoms with Gasteiger partial charge in [0.15, 0.2) is 11.6 Å². The SMILES string of the molecule is CNc1ncc(F)c(-c2cc3ccccc3o2)n1. The number of rotatable bonds is 2. The minimum atomic E-state index is -0.506. The highest BCUT2D eigenvalue weighted by atomic mass is 19.1. The molecule has 1 aromatic carbocycles. The maximum absolute atomic E-state index is 13.7. The smallest absolute Gasteiger partial charge is 0.223 e. The second-order valence-electron chi connectivity index (χ2n) is 3.79. The second-order valence-corrected chi connectivity index (χ2v) is 3.79. The molecule has 0 unspecified atom stereocenters. The molecule has 0 atom stereocenters. The molecule has 2 aromatic heterocycles. The van der Waals surface area contributed by atoms with Gasteiger partial charge in [-0.25, -0.2) is 14.4 Å². The molecule has 0 fully saturated rings. The van der Waals surface area contributed by atoms with Crippen molar-refractivity contribution >= 4 is 16.9 Å². The van der Waals surface area contributed by atoms with Crippen LogP contribution in [0.2, 0.25) is 0 Å². The fourth-order valence-electron chi connectivity index (χ4n) is 1.76. The van der Waals surface area contributed by atoms with Gasteiger partial charge >= 0.3 is 0 Å². The van der Waals surface area contributed by atoms with Crippen LogP contribution >= 0.6 is 0 Å². The van der Waals surface area contributed by atoms with E-state index in [0.29, 0.717) is 17.3 Å². The third-order valence-corrected chi connectivity index (χ3v) is 2.63. The van der Waals surface area contributed by atoms with Crippen LogP contribution in [-0.4, -0.2) is 17.0 Å². The number of nitrogens with one attached hydrogen (secondary N) is 1. The minimum Gasteiger partial charge on any atom is -0.454 e. The molecule has 0 aliphatic carbocycles. The molecule has 3 aromatic rings. The predicted molar refractivity (Wildman–Crippen MR) is 66.7 cm³/mol. The lowest BCUT2D eigenvalue weighted by molar-refractivity contribution is 0.590. The van der Waals surface area contributed by atoms with E-state index in [1.807, 2.05) is 24.3 Å². The van der Waals surface area contributed by atoms with Crippen LogP contribution in [0.4, 0.5) is 10.3 Å². The number of hydrogen-bond acceptors (Lipinski definition) is 4. The molecule has 0 spiro atoms. The summed E-state index contributed by atoms with van der Waals surface area (Å²) in [7, 11) is 1.68. The summed E-state index contributed by atoms with van der Waals surface area (Å²) in [5, 5.41) is 3.68. The van der Waals surface area contributed by atoms with Crippen LogP contribution < -0.4 is 5.32 Å². The molecule has 0 amide bonds. The molecule has 0 bridgehead atoms. The molecule has 90 valence electrons. The summed E-state index contributed by atoms with van der Waals surface area (Å²) in [6.45, 7) is 0. The van der Waals surface area contributed by atoms with Crippen molar-refractivity contribution in [2.45, 2.75) is 0 Å². The molecule has 0 aliphatic rings. The minimum absolute atomic E-state index is 0.158. The molecule has 5 heteroatoms. The zero-order valence-corrected chi connectivity index (χ0v) is 9.64. The summed E-state index contributed by atoms with van der Waals surface area (Å²) in [6, 6.07) is 9.26. The van der Waals surface area contributed by atoms with Crippen LogP contribution in [-0.2, 0) is 0 Å². The van der Waals surface area contributed by atoms with Gasteiger partial charge in [-0.3, -0.25) is 0 Å². The van der Waals surface area contributed by atoms with Gasteiger partial charge in [-0.05, 0) is 12.1 Å². The number of anilines is 1. The predicted octanol–water partition coefficient (Wildman–Crippen LogP) is 3.07. The maximum atomic E-state index is 13.7. The fraction of sp³-hybridized carbons (Fsp3) is 0.0769. The Bertz CT molecular complexity index is 675. The number of halogens is 1. The lowest BCUT2D eigenvalue weighted by Crippen LogP contribution is -1.99. The summed E-state index contributed by atoms with van der Waals surface area (Å²) in [4.78, 5) is 7.86. The van der Waals surface area contributed by atoms with Crippen molar-refractivity contribution in [3.8, 4) is 11.5 Å². The number of furan rings is 1. The van der Waals surface area contributed by atoms with E-state index < -0.39 is 5.82 Å². The number of para-hydroxylation sites is 1. The highest BCUT2D eigenvalue weighted by molar-refractivity contribution is 5.82. The Kier molecular flexibility index (Phi) is 2.44. The van der Waals surface area contributed by atoms with E-state index in [-0.39, 0.29) is 5.69 Å². The first-order valence-corrected chi connectivity index (χ1v) is 5.47. The normalized spacial score (nSPS) is 10.8. The molecule has 2 heterocycles. The van der Waals surface area contributed by atoms with Crippen LogP contribution in [0.5, 0.6) is 0 Å². The third kappa shape index (κ3) is 1.69. The molecule has 4 nitrogen and oxygen atoms in total. The van der Waals surface area contributed by atoms with E-state index in [1.54, 1.807) is 13.1 Å². The average molecular weight is 243 g/mol. The number of benzene rings is 1. The number of nitrogens with zero attached hydrogens (tertiary/aromatic N) is 2. The Hall–Kier alpha value is -2.43. The average Bonchev–Trinajstić information content (AvgIpc) is 2.82. The van der Waals surface area contributed by atoms with Crippen LogP contribution in [0.1, 0.15) is 0 Å². The van der Waals surface area contributed by atoms with Crippen LogP contribution in [0.15, 0.2) is 40.9 Å². The van der Waals surface area contributed by atoms with Crippen molar-refractivity contribution < 1.29 is 8.81 Å². The number of hydrogen-bond donors (Lipinski definition) is 1. The van der Waals surface area contributed by atoms with Gasteiger partial charge in [0.2, 0.25) is 5.95 Å².